The first-order chi connectivity index (χ1) is 9.58. The molecule has 0 aliphatic carbocycles. The third-order valence-corrected chi connectivity index (χ3v) is 2.72. The molecule has 0 bridgehead atoms. The quantitative estimate of drug-likeness (QED) is 0.894. The van der Waals surface area contributed by atoms with E-state index in [2.05, 4.69) is 10.6 Å². The molecule has 2 aromatic carbocycles. The van der Waals surface area contributed by atoms with Crippen LogP contribution in [0.4, 0.5) is 20.6 Å². The topological polar surface area (TPSA) is 50.4 Å². The minimum atomic E-state index is -0.475. The van der Waals surface area contributed by atoms with Gasteiger partial charge in [-0.05, 0) is 31.2 Å². The molecule has 0 aliphatic rings. The van der Waals surface area contributed by atoms with Gasteiger partial charge in [-0.3, -0.25) is 0 Å². The van der Waals surface area contributed by atoms with E-state index in [4.69, 9.17) is 4.74 Å². The molecule has 0 spiro atoms. The number of hydrogen-bond acceptors (Lipinski definition) is 2. The lowest BCUT2D eigenvalue weighted by atomic mass is 10.2. The van der Waals surface area contributed by atoms with Gasteiger partial charge < -0.3 is 15.4 Å². The molecule has 2 aromatic rings. The summed E-state index contributed by atoms with van der Waals surface area (Å²) in [6.45, 7) is 1.97. The Bertz CT molecular complexity index is 612. The van der Waals surface area contributed by atoms with Crippen molar-refractivity contribution in [1.29, 1.82) is 0 Å². The molecular formula is C15H15FN2O2. The summed E-state index contributed by atoms with van der Waals surface area (Å²) in [5, 5.41) is 5.30. The maximum atomic E-state index is 13.2. The van der Waals surface area contributed by atoms with Crippen molar-refractivity contribution in [2.45, 2.75) is 6.92 Å². The smallest absolute Gasteiger partial charge is 0.323 e. The molecule has 0 saturated carbocycles. The molecule has 0 aliphatic heterocycles. The zero-order chi connectivity index (χ0) is 14.5. The van der Waals surface area contributed by atoms with E-state index < -0.39 is 11.8 Å². The predicted octanol–water partition coefficient (Wildman–Crippen LogP) is 3.79. The van der Waals surface area contributed by atoms with E-state index in [0.717, 1.165) is 5.56 Å². The molecule has 0 unspecified atom stereocenters. The fourth-order valence-electron chi connectivity index (χ4n) is 1.67. The monoisotopic (exact) mass is 274 g/mol. The third kappa shape index (κ3) is 3.47. The lowest BCUT2D eigenvalue weighted by Crippen LogP contribution is -2.19. The van der Waals surface area contributed by atoms with Crippen LogP contribution in [-0.2, 0) is 0 Å². The fraction of sp³-hybridized carbons (Fsp3) is 0.133. The number of amides is 2. The van der Waals surface area contributed by atoms with Crippen LogP contribution >= 0.6 is 0 Å². The molecule has 5 heteroatoms. The number of carbonyl (C=O) groups is 1. The van der Waals surface area contributed by atoms with Gasteiger partial charge in [-0.1, -0.05) is 17.7 Å². The van der Waals surface area contributed by atoms with Crippen molar-refractivity contribution < 1.29 is 13.9 Å². The highest BCUT2D eigenvalue weighted by Gasteiger charge is 2.06. The summed E-state index contributed by atoms with van der Waals surface area (Å²) in [5.74, 6) is -0.393. The summed E-state index contributed by atoms with van der Waals surface area (Å²) in [6, 6.07) is 11.1. The van der Waals surface area contributed by atoms with Gasteiger partial charge in [0.1, 0.15) is 0 Å². The standard InChI is InChI=1S/C15H15FN2O2/c1-10-3-5-11(6-4-10)17-15(19)18-12-7-8-13(16)14(9-12)20-2/h3-9H,1-2H3,(H2,17,18,19). The van der Waals surface area contributed by atoms with Crippen molar-refractivity contribution in [1.82, 2.24) is 0 Å². The second kappa shape index (κ2) is 6.06. The molecule has 0 saturated heterocycles. The Morgan fingerprint density at radius 2 is 1.65 bits per heavy atom. The van der Waals surface area contributed by atoms with Crippen molar-refractivity contribution >= 4 is 17.4 Å². The van der Waals surface area contributed by atoms with Crippen LogP contribution in [0.2, 0.25) is 0 Å². The van der Waals surface area contributed by atoms with Crippen molar-refractivity contribution in [3.63, 3.8) is 0 Å². The van der Waals surface area contributed by atoms with E-state index in [9.17, 15) is 9.18 Å². The zero-order valence-electron chi connectivity index (χ0n) is 11.2. The van der Waals surface area contributed by atoms with Crippen molar-refractivity contribution in [3.8, 4) is 5.75 Å². The molecule has 2 rings (SSSR count). The SMILES string of the molecule is COc1cc(NC(=O)Nc2ccc(C)cc2)ccc1F. The van der Waals surface area contributed by atoms with Gasteiger partial charge in [-0.15, -0.1) is 0 Å². The molecule has 20 heavy (non-hydrogen) atoms. The van der Waals surface area contributed by atoms with Gasteiger partial charge in [-0.2, -0.15) is 0 Å². The average molecular weight is 274 g/mol. The van der Waals surface area contributed by atoms with E-state index in [0.29, 0.717) is 11.4 Å². The predicted molar refractivity (Wildman–Crippen MR) is 76.8 cm³/mol. The summed E-state index contributed by atoms with van der Waals surface area (Å²) in [5.41, 5.74) is 2.24. The number of aryl methyl sites for hydroxylation is 1. The summed E-state index contributed by atoms with van der Waals surface area (Å²) < 4.78 is 18.1. The zero-order valence-corrected chi connectivity index (χ0v) is 11.2. The van der Waals surface area contributed by atoms with Gasteiger partial charge in [0.2, 0.25) is 0 Å². The van der Waals surface area contributed by atoms with Gasteiger partial charge in [0.05, 0.1) is 7.11 Å². The third-order valence-electron chi connectivity index (χ3n) is 2.72. The van der Waals surface area contributed by atoms with Gasteiger partial charge in [0, 0.05) is 17.4 Å². The highest BCUT2D eigenvalue weighted by molar-refractivity contribution is 5.99. The summed E-state index contributed by atoms with van der Waals surface area (Å²) in [4.78, 5) is 11.8. The Morgan fingerprint density at radius 1 is 1.05 bits per heavy atom. The number of nitrogens with one attached hydrogen (secondary N) is 2. The molecule has 0 fully saturated rings. The number of benzene rings is 2. The van der Waals surface area contributed by atoms with Crippen molar-refractivity contribution in [3.05, 3.63) is 53.8 Å². The number of methoxy groups -OCH3 is 1. The number of ether oxygens (including phenoxy) is 1. The second-order valence-electron chi connectivity index (χ2n) is 4.29. The van der Waals surface area contributed by atoms with E-state index in [1.807, 2.05) is 19.1 Å². The summed E-state index contributed by atoms with van der Waals surface area (Å²) in [6.07, 6.45) is 0. The largest absolute Gasteiger partial charge is 0.494 e. The second-order valence-corrected chi connectivity index (χ2v) is 4.29. The Hall–Kier alpha value is -2.56. The molecule has 4 nitrogen and oxygen atoms in total. The van der Waals surface area contributed by atoms with Crippen LogP contribution in [0.15, 0.2) is 42.5 Å². The highest BCUT2D eigenvalue weighted by Crippen LogP contribution is 2.21. The van der Waals surface area contributed by atoms with Crippen LogP contribution in [0.1, 0.15) is 5.56 Å². The molecule has 0 heterocycles. The average Bonchev–Trinajstić information content (AvgIpc) is 2.43. The van der Waals surface area contributed by atoms with Crippen LogP contribution in [0.5, 0.6) is 5.75 Å². The van der Waals surface area contributed by atoms with Gasteiger partial charge in [-0.25, -0.2) is 9.18 Å². The van der Waals surface area contributed by atoms with Crippen molar-refractivity contribution in [2.24, 2.45) is 0 Å². The molecule has 2 N–H and O–H groups in total. The highest BCUT2D eigenvalue weighted by atomic mass is 19.1. The van der Waals surface area contributed by atoms with Gasteiger partial charge in [0.25, 0.3) is 0 Å². The van der Waals surface area contributed by atoms with Crippen LogP contribution in [0, 0.1) is 12.7 Å². The molecule has 0 atom stereocenters. The Balaban J connectivity index is 2.02. The van der Waals surface area contributed by atoms with E-state index >= 15 is 0 Å². The van der Waals surface area contributed by atoms with E-state index in [1.54, 1.807) is 12.1 Å². The van der Waals surface area contributed by atoms with E-state index in [1.165, 1.54) is 25.3 Å². The summed E-state index contributed by atoms with van der Waals surface area (Å²) >= 11 is 0. The minimum absolute atomic E-state index is 0.0816. The Kier molecular flexibility index (Phi) is 4.20. The summed E-state index contributed by atoms with van der Waals surface area (Å²) in [7, 11) is 1.37. The van der Waals surface area contributed by atoms with Gasteiger partial charge in [0.15, 0.2) is 11.6 Å². The number of anilines is 2. The minimum Gasteiger partial charge on any atom is -0.494 e. The first kappa shape index (κ1) is 13.9. The molecule has 0 radical (unpaired) electrons. The molecule has 104 valence electrons. The first-order valence-corrected chi connectivity index (χ1v) is 6.06. The normalized spacial score (nSPS) is 9.95. The number of urea groups is 1. The van der Waals surface area contributed by atoms with E-state index in [-0.39, 0.29) is 5.75 Å². The molecule has 2 amide bonds. The fourth-order valence-corrected chi connectivity index (χ4v) is 1.67. The number of halogens is 1. The maximum Gasteiger partial charge on any atom is 0.323 e. The van der Waals surface area contributed by atoms with Crippen LogP contribution in [-0.4, -0.2) is 13.1 Å². The number of rotatable bonds is 3. The lowest BCUT2D eigenvalue weighted by Gasteiger charge is -2.09. The molecule has 0 aromatic heterocycles. The number of carbonyl (C=O) groups excluding carboxylic acids is 1. The van der Waals surface area contributed by atoms with Gasteiger partial charge >= 0.3 is 6.03 Å². The van der Waals surface area contributed by atoms with Crippen LogP contribution in [0.3, 0.4) is 0 Å². The number of hydrogen-bond donors (Lipinski definition) is 2. The van der Waals surface area contributed by atoms with Crippen LogP contribution < -0.4 is 15.4 Å². The van der Waals surface area contributed by atoms with Crippen molar-refractivity contribution in [2.75, 3.05) is 17.7 Å². The lowest BCUT2D eigenvalue weighted by molar-refractivity contribution is 0.262. The maximum absolute atomic E-state index is 13.2. The first-order valence-electron chi connectivity index (χ1n) is 6.06. The van der Waals surface area contributed by atoms with Crippen LogP contribution in [0.25, 0.3) is 0 Å². The molecular weight excluding hydrogens is 259 g/mol. The Morgan fingerprint density at radius 3 is 2.30 bits per heavy atom. The Labute approximate surface area is 116 Å².